The number of hydrogen-bond donors (Lipinski definition) is 3. The third-order valence-electron chi connectivity index (χ3n) is 3.77. The van der Waals surface area contributed by atoms with Crippen LogP contribution in [0.5, 0.6) is 0 Å². The Balaban J connectivity index is 2.89. The number of nitrogens with one attached hydrogen (secondary N) is 1. The molecule has 0 unspecified atom stereocenters. The van der Waals surface area contributed by atoms with Crippen molar-refractivity contribution in [3.63, 3.8) is 0 Å². The molecule has 0 aromatic heterocycles. The van der Waals surface area contributed by atoms with E-state index in [0.717, 1.165) is 32.4 Å². The molecular weight excluding hydrogens is 250 g/mol. The second-order valence-corrected chi connectivity index (χ2v) is 5.79. The lowest BCUT2D eigenvalue weighted by Crippen LogP contribution is -2.16. The number of aliphatic hydroxyl groups excluding tert-OH is 2. The molecule has 0 spiro atoms. The normalized spacial score (nSPS) is 11.1. The van der Waals surface area contributed by atoms with Crippen LogP contribution in [0.15, 0.2) is 0 Å². The first-order valence-corrected chi connectivity index (χ1v) is 8.84. The fraction of sp³-hybridized carbons (Fsp3) is 1.00. The van der Waals surface area contributed by atoms with E-state index in [1.807, 2.05) is 0 Å². The molecule has 0 saturated carbocycles. The van der Waals surface area contributed by atoms with E-state index in [4.69, 9.17) is 10.2 Å². The molecule has 0 aromatic carbocycles. The van der Waals surface area contributed by atoms with Crippen molar-refractivity contribution in [1.82, 2.24) is 5.32 Å². The van der Waals surface area contributed by atoms with E-state index < -0.39 is 0 Å². The van der Waals surface area contributed by atoms with E-state index >= 15 is 0 Å². The van der Waals surface area contributed by atoms with E-state index in [9.17, 15) is 0 Å². The average Bonchev–Trinajstić information content (AvgIpc) is 2.47. The van der Waals surface area contributed by atoms with Crippen LogP contribution < -0.4 is 5.32 Å². The Morgan fingerprint density at radius 3 is 1.10 bits per heavy atom. The SMILES string of the molecule is OCCCCCCCCCCCCNCCCCCO. The van der Waals surface area contributed by atoms with Gasteiger partial charge in [-0.15, -0.1) is 0 Å². The highest BCUT2D eigenvalue weighted by Gasteiger charge is 1.93. The van der Waals surface area contributed by atoms with Crippen molar-refractivity contribution in [1.29, 1.82) is 0 Å². The molecule has 0 aliphatic rings. The van der Waals surface area contributed by atoms with Crippen LogP contribution >= 0.6 is 0 Å². The van der Waals surface area contributed by atoms with Crippen molar-refractivity contribution in [3.8, 4) is 0 Å². The maximum atomic E-state index is 8.67. The third kappa shape index (κ3) is 17.9. The molecule has 3 heteroatoms. The van der Waals surface area contributed by atoms with Crippen LogP contribution in [-0.4, -0.2) is 36.5 Å². The minimum atomic E-state index is 0.335. The zero-order chi connectivity index (χ0) is 14.7. The summed E-state index contributed by atoms with van der Waals surface area (Å²) in [5, 5.41) is 20.8. The van der Waals surface area contributed by atoms with E-state index in [-0.39, 0.29) is 0 Å². The maximum Gasteiger partial charge on any atom is 0.0431 e. The summed E-state index contributed by atoms with van der Waals surface area (Å²) in [5.74, 6) is 0. The lowest BCUT2D eigenvalue weighted by Gasteiger charge is -2.05. The topological polar surface area (TPSA) is 52.5 Å². The Morgan fingerprint density at radius 2 is 0.700 bits per heavy atom. The first-order chi connectivity index (χ1) is 9.91. The monoisotopic (exact) mass is 287 g/mol. The van der Waals surface area contributed by atoms with Crippen molar-refractivity contribution >= 4 is 0 Å². The maximum absolute atomic E-state index is 8.67. The molecule has 0 aliphatic carbocycles. The van der Waals surface area contributed by atoms with Gasteiger partial charge < -0.3 is 15.5 Å². The van der Waals surface area contributed by atoms with Crippen LogP contribution in [0.4, 0.5) is 0 Å². The fourth-order valence-electron chi connectivity index (χ4n) is 2.44. The Labute approximate surface area is 126 Å². The van der Waals surface area contributed by atoms with Crippen LogP contribution in [0.3, 0.4) is 0 Å². The first kappa shape index (κ1) is 19.9. The van der Waals surface area contributed by atoms with Gasteiger partial charge in [-0.3, -0.25) is 0 Å². The Hall–Kier alpha value is -0.120. The highest BCUT2D eigenvalue weighted by Crippen LogP contribution is 2.10. The van der Waals surface area contributed by atoms with Gasteiger partial charge in [0.25, 0.3) is 0 Å². The van der Waals surface area contributed by atoms with Crippen LogP contribution in [-0.2, 0) is 0 Å². The standard InChI is InChI=1S/C17H37NO2/c19-16-12-8-6-4-2-1-3-5-7-10-14-18-15-11-9-13-17-20/h18-20H,1-17H2. The van der Waals surface area contributed by atoms with Gasteiger partial charge in [-0.2, -0.15) is 0 Å². The predicted molar refractivity (Wildman–Crippen MR) is 87.1 cm³/mol. The van der Waals surface area contributed by atoms with Gasteiger partial charge in [-0.25, -0.2) is 0 Å². The largest absolute Gasteiger partial charge is 0.396 e. The summed E-state index contributed by atoms with van der Waals surface area (Å²) in [6.07, 6.45) is 16.3. The lowest BCUT2D eigenvalue weighted by atomic mass is 10.1. The van der Waals surface area contributed by atoms with Gasteiger partial charge >= 0.3 is 0 Å². The molecule has 0 radical (unpaired) electrons. The highest BCUT2D eigenvalue weighted by molar-refractivity contribution is 4.51. The molecule has 3 nitrogen and oxygen atoms in total. The van der Waals surface area contributed by atoms with Crippen LogP contribution in [0.2, 0.25) is 0 Å². The number of aliphatic hydroxyl groups is 2. The average molecular weight is 287 g/mol. The van der Waals surface area contributed by atoms with Gasteiger partial charge in [0.05, 0.1) is 0 Å². The molecule has 0 atom stereocenters. The second-order valence-electron chi connectivity index (χ2n) is 5.79. The summed E-state index contributed by atoms with van der Waals surface area (Å²) in [6.45, 7) is 2.95. The minimum Gasteiger partial charge on any atom is -0.396 e. The summed E-state index contributed by atoms with van der Waals surface area (Å²) in [4.78, 5) is 0. The zero-order valence-corrected chi connectivity index (χ0v) is 13.4. The van der Waals surface area contributed by atoms with Crippen LogP contribution in [0, 0.1) is 0 Å². The van der Waals surface area contributed by atoms with E-state index in [1.54, 1.807) is 0 Å². The zero-order valence-electron chi connectivity index (χ0n) is 13.4. The van der Waals surface area contributed by atoms with E-state index in [0.29, 0.717) is 13.2 Å². The van der Waals surface area contributed by atoms with Gasteiger partial charge in [-0.05, 0) is 45.2 Å². The summed E-state index contributed by atoms with van der Waals surface area (Å²) >= 11 is 0. The van der Waals surface area contributed by atoms with Crippen molar-refractivity contribution in [2.24, 2.45) is 0 Å². The summed E-state index contributed by atoms with van der Waals surface area (Å²) in [5.41, 5.74) is 0. The van der Waals surface area contributed by atoms with Crippen LogP contribution in [0.25, 0.3) is 0 Å². The highest BCUT2D eigenvalue weighted by atomic mass is 16.3. The fourth-order valence-corrected chi connectivity index (χ4v) is 2.44. The van der Waals surface area contributed by atoms with Gasteiger partial charge in [-0.1, -0.05) is 51.4 Å². The molecule has 0 saturated heterocycles. The van der Waals surface area contributed by atoms with Gasteiger partial charge in [0.1, 0.15) is 0 Å². The Morgan fingerprint density at radius 1 is 0.400 bits per heavy atom. The number of rotatable bonds is 17. The van der Waals surface area contributed by atoms with Gasteiger partial charge in [0.15, 0.2) is 0 Å². The van der Waals surface area contributed by atoms with Crippen molar-refractivity contribution in [2.75, 3.05) is 26.3 Å². The molecule has 0 heterocycles. The van der Waals surface area contributed by atoms with Crippen molar-refractivity contribution in [2.45, 2.75) is 83.5 Å². The molecule has 0 rings (SSSR count). The van der Waals surface area contributed by atoms with Crippen molar-refractivity contribution in [3.05, 3.63) is 0 Å². The molecule has 3 N–H and O–H groups in total. The molecular formula is C17H37NO2. The summed E-state index contributed by atoms with van der Waals surface area (Å²) < 4.78 is 0. The molecule has 0 amide bonds. The summed E-state index contributed by atoms with van der Waals surface area (Å²) in [7, 11) is 0. The molecule has 20 heavy (non-hydrogen) atoms. The van der Waals surface area contributed by atoms with E-state index in [1.165, 1.54) is 64.2 Å². The van der Waals surface area contributed by atoms with Gasteiger partial charge in [0.2, 0.25) is 0 Å². The van der Waals surface area contributed by atoms with Crippen LogP contribution in [0.1, 0.15) is 83.5 Å². The smallest absolute Gasteiger partial charge is 0.0431 e. The minimum absolute atomic E-state index is 0.335. The van der Waals surface area contributed by atoms with Gasteiger partial charge in [0, 0.05) is 13.2 Å². The predicted octanol–water partition coefficient (Wildman–Crippen LogP) is 3.63. The molecule has 122 valence electrons. The molecule has 0 bridgehead atoms. The first-order valence-electron chi connectivity index (χ1n) is 8.84. The van der Waals surface area contributed by atoms with E-state index in [2.05, 4.69) is 5.32 Å². The molecule has 0 aliphatic heterocycles. The quantitative estimate of drug-likeness (QED) is 0.358. The lowest BCUT2D eigenvalue weighted by molar-refractivity contribution is 0.282. The summed E-state index contributed by atoms with van der Waals surface area (Å²) in [6, 6.07) is 0. The third-order valence-corrected chi connectivity index (χ3v) is 3.77. The number of unbranched alkanes of at least 4 members (excludes halogenated alkanes) is 11. The van der Waals surface area contributed by atoms with Crippen molar-refractivity contribution < 1.29 is 10.2 Å². The molecule has 0 fully saturated rings. The second kappa shape index (κ2) is 18.9. The Bertz CT molecular complexity index is 147. The molecule has 0 aromatic rings. The Kier molecular flexibility index (Phi) is 18.8. The number of hydrogen-bond acceptors (Lipinski definition) is 3.